The number of benzene rings is 1. The smallest absolute Gasteiger partial charge is 0.390 e. The number of carbonyl (C=O) groups excluding carboxylic acids is 1. The van der Waals surface area contributed by atoms with E-state index < -0.39 is 29.3 Å². The fourth-order valence-corrected chi connectivity index (χ4v) is 3.84. The van der Waals surface area contributed by atoms with Crippen molar-refractivity contribution in [2.75, 3.05) is 36.9 Å². The molecule has 0 radical (unpaired) electrons. The van der Waals surface area contributed by atoms with Crippen molar-refractivity contribution in [3.05, 3.63) is 65.4 Å². The number of nitrogens with one attached hydrogen (secondary N) is 4. The summed E-state index contributed by atoms with van der Waals surface area (Å²) in [5, 5.41) is 12.6. The first-order valence-electron chi connectivity index (χ1n) is 11.4. The number of rotatable bonds is 6. The van der Waals surface area contributed by atoms with Gasteiger partial charge in [-0.3, -0.25) is 15.6 Å². The highest BCUT2D eigenvalue weighted by molar-refractivity contribution is 6.04. The first-order valence-corrected chi connectivity index (χ1v) is 11.4. The van der Waals surface area contributed by atoms with Crippen LogP contribution in [-0.2, 0) is 17.5 Å². The summed E-state index contributed by atoms with van der Waals surface area (Å²) in [5.41, 5.74) is 6.16. The van der Waals surface area contributed by atoms with Crippen LogP contribution in [0.5, 0.6) is 0 Å². The minimum Gasteiger partial charge on any atom is -0.390 e. The van der Waals surface area contributed by atoms with Crippen LogP contribution in [0.25, 0.3) is 11.1 Å². The number of amides is 2. The number of hydrogen-bond donors (Lipinski definition) is 5. The summed E-state index contributed by atoms with van der Waals surface area (Å²) >= 11 is 0. The molecule has 3 aromatic rings. The highest BCUT2D eigenvalue weighted by Gasteiger charge is 2.31. The van der Waals surface area contributed by atoms with E-state index in [-0.39, 0.29) is 11.7 Å². The summed E-state index contributed by atoms with van der Waals surface area (Å²) < 4.78 is 58.0. The lowest BCUT2D eigenvalue weighted by Crippen LogP contribution is -2.35. The zero-order valence-electron chi connectivity index (χ0n) is 19.9. The van der Waals surface area contributed by atoms with Crippen molar-refractivity contribution in [3.8, 4) is 11.1 Å². The SMILES string of the molecule is N=C(N=CN)c1[nH]c(CN2CCOCC2)cc1-c1ccc(NC(=O)Nc2cc(C(F)(F)F)ccc2F)nc1. The number of pyridine rings is 1. The quantitative estimate of drug-likeness (QED) is 0.185. The molecule has 10 nitrogen and oxygen atoms in total. The van der Waals surface area contributed by atoms with Crippen molar-refractivity contribution < 1.29 is 27.1 Å². The number of carbonyl (C=O) groups is 1. The van der Waals surface area contributed by atoms with E-state index >= 15 is 0 Å². The topological polar surface area (TPSA) is 145 Å². The number of aliphatic imine (C=N–C) groups is 1. The number of hydrogen-bond acceptors (Lipinski definition) is 5. The Hall–Kier alpha value is -4.30. The predicted molar refractivity (Wildman–Crippen MR) is 134 cm³/mol. The van der Waals surface area contributed by atoms with E-state index in [0.29, 0.717) is 54.8 Å². The Kier molecular flexibility index (Phi) is 8.02. The minimum absolute atomic E-state index is 0.0688. The number of urea groups is 1. The molecule has 6 N–H and O–H groups in total. The number of H-pyrrole nitrogens is 1. The van der Waals surface area contributed by atoms with Gasteiger partial charge in [0.1, 0.15) is 11.6 Å². The molecular weight excluding hydrogens is 508 g/mol. The van der Waals surface area contributed by atoms with Crippen LogP contribution in [-0.4, -0.2) is 59.4 Å². The van der Waals surface area contributed by atoms with Crippen LogP contribution in [0.15, 0.2) is 47.6 Å². The number of nitrogens with two attached hydrogens (primary N) is 1. The van der Waals surface area contributed by atoms with Crippen LogP contribution in [0.4, 0.5) is 33.9 Å². The summed E-state index contributed by atoms with van der Waals surface area (Å²) in [7, 11) is 0. The van der Waals surface area contributed by atoms with E-state index in [1.165, 1.54) is 12.3 Å². The van der Waals surface area contributed by atoms with E-state index in [9.17, 15) is 22.4 Å². The number of amidine groups is 1. The number of halogens is 4. The maximum absolute atomic E-state index is 13.9. The number of aromatic amines is 1. The van der Waals surface area contributed by atoms with Gasteiger partial charge in [-0.2, -0.15) is 13.2 Å². The highest BCUT2D eigenvalue weighted by atomic mass is 19.4. The zero-order chi connectivity index (χ0) is 27.3. The molecule has 0 spiro atoms. The molecule has 4 rings (SSSR count). The second-order valence-electron chi connectivity index (χ2n) is 8.30. The van der Waals surface area contributed by atoms with Crippen molar-refractivity contribution >= 4 is 29.7 Å². The molecule has 38 heavy (non-hydrogen) atoms. The molecule has 1 fully saturated rings. The molecule has 3 heterocycles. The third-order valence-electron chi connectivity index (χ3n) is 5.67. The van der Waals surface area contributed by atoms with Crippen molar-refractivity contribution in [1.82, 2.24) is 14.9 Å². The molecule has 0 aliphatic carbocycles. The van der Waals surface area contributed by atoms with Gasteiger partial charge in [0.05, 0.1) is 36.5 Å². The second-order valence-corrected chi connectivity index (χ2v) is 8.30. The maximum atomic E-state index is 13.9. The van der Waals surface area contributed by atoms with Gasteiger partial charge in [0.15, 0.2) is 5.84 Å². The molecule has 14 heteroatoms. The van der Waals surface area contributed by atoms with Gasteiger partial charge < -0.3 is 20.8 Å². The van der Waals surface area contributed by atoms with Gasteiger partial charge in [-0.05, 0) is 36.4 Å². The molecule has 200 valence electrons. The van der Waals surface area contributed by atoms with Crippen molar-refractivity contribution in [3.63, 3.8) is 0 Å². The molecule has 0 bridgehead atoms. The van der Waals surface area contributed by atoms with Crippen LogP contribution >= 0.6 is 0 Å². The van der Waals surface area contributed by atoms with Crippen LogP contribution in [0.2, 0.25) is 0 Å². The third-order valence-corrected chi connectivity index (χ3v) is 5.67. The second kappa shape index (κ2) is 11.4. The van der Waals surface area contributed by atoms with Crippen LogP contribution < -0.4 is 16.4 Å². The average molecular weight is 533 g/mol. The van der Waals surface area contributed by atoms with E-state index in [2.05, 4.69) is 30.5 Å². The lowest BCUT2D eigenvalue weighted by molar-refractivity contribution is -0.137. The lowest BCUT2D eigenvalue weighted by Gasteiger charge is -2.25. The predicted octanol–water partition coefficient (Wildman–Crippen LogP) is 4.02. The van der Waals surface area contributed by atoms with Crippen molar-refractivity contribution in [1.29, 1.82) is 5.41 Å². The zero-order valence-corrected chi connectivity index (χ0v) is 19.9. The molecule has 1 aliphatic heterocycles. The summed E-state index contributed by atoms with van der Waals surface area (Å²) in [5.74, 6) is -1.04. The van der Waals surface area contributed by atoms with Crippen molar-refractivity contribution in [2.45, 2.75) is 12.7 Å². The van der Waals surface area contributed by atoms with Crippen LogP contribution in [0.3, 0.4) is 0 Å². The van der Waals surface area contributed by atoms with E-state index in [1.54, 1.807) is 6.07 Å². The van der Waals surface area contributed by atoms with Gasteiger partial charge in [0.25, 0.3) is 0 Å². The number of alkyl halides is 3. The van der Waals surface area contributed by atoms with Gasteiger partial charge in [-0.25, -0.2) is 19.2 Å². The lowest BCUT2D eigenvalue weighted by atomic mass is 10.1. The number of ether oxygens (including phenoxy) is 1. The Bertz CT molecular complexity index is 1330. The molecular formula is C24H24F4N8O2. The fourth-order valence-electron chi connectivity index (χ4n) is 3.84. The largest absolute Gasteiger partial charge is 0.416 e. The summed E-state index contributed by atoms with van der Waals surface area (Å²) in [6.45, 7) is 3.43. The standard InChI is InChI=1S/C24H24F4N8O2/c25-18-3-2-15(24(26,27)28)9-19(18)34-23(37)35-20-4-1-14(11-31-20)17-10-16(12-36-5-7-38-8-6-36)33-21(17)22(30)32-13-29/h1-4,9-11,13,33H,5-8,12H2,(H3,29,30,32)(H2,31,34,35,37). The number of nitrogens with zero attached hydrogens (tertiary/aromatic N) is 3. The number of morpholine rings is 1. The normalized spacial score (nSPS) is 14.5. The number of anilines is 2. The Morgan fingerprint density at radius 2 is 1.97 bits per heavy atom. The third kappa shape index (κ3) is 6.52. The summed E-state index contributed by atoms with van der Waals surface area (Å²) in [6.07, 6.45) is -2.22. The highest BCUT2D eigenvalue weighted by Crippen LogP contribution is 2.32. The first-order chi connectivity index (χ1) is 18.1. The molecule has 1 aromatic carbocycles. The Morgan fingerprint density at radius 3 is 2.63 bits per heavy atom. The van der Waals surface area contributed by atoms with Gasteiger partial charge in [0, 0.05) is 42.7 Å². The molecule has 1 aliphatic rings. The van der Waals surface area contributed by atoms with Gasteiger partial charge in [-0.15, -0.1) is 0 Å². The van der Waals surface area contributed by atoms with E-state index in [0.717, 1.165) is 25.1 Å². The van der Waals surface area contributed by atoms with Gasteiger partial charge in [-0.1, -0.05) is 0 Å². The van der Waals surface area contributed by atoms with Gasteiger partial charge in [0.2, 0.25) is 0 Å². The summed E-state index contributed by atoms with van der Waals surface area (Å²) in [6, 6.07) is 5.71. The van der Waals surface area contributed by atoms with Gasteiger partial charge >= 0.3 is 12.2 Å². The monoisotopic (exact) mass is 532 g/mol. The first kappa shape index (κ1) is 26.8. The maximum Gasteiger partial charge on any atom is 0.416 e. The van der Waals surface area contributed by atoms with Crippen molar-refractivity contribution in [2.24, 2.45) is 10.7 Å². The number of aromatic nitrogens is 2. The Morgan fingerprint density at radius 1 is 1.21 bits per heavy atom. The molecule has 1 saturated heterocycles. The minimum atomic E-state index is -4.69. The molecule has 0 saturated carbocycles. The molecule has 0 unspecified atom stereocenters. The van der Waals surface area contributed by atoms with E-state index in [1.807, 2.05) is 6.07 Å². The Labute approximate surface area is 214 Å². The average Bonchev–Trinajstić information content (AvgIpc) is 3.30. The molecule has 0 atom stereocenters. The molecule has 2 amide bonds. The van der Waals surface area contributed by atoms with E-state index in [4.69, 9.17) is 15.9 Å². The van der Waals surface area contributed by atoms with Crippen LogP contribution in [0.1, 0.15) is 17.0 Å². The Balaban J connectivity index is 1.49. The van der Waals surface area contributed by atoms with Crippen LogP contribution in [0, 0.1) is 11.2 Å². The summed E-state index contributed by atoms with van der Waals surface area (Å²) in [4.78, 5) is 25.7. The molecule has 2 aromatic heterocycles. The fraction of sp³-hybridized carbons (Fsp3) is 0.250.